The van der Waals surface area contributed by atoms with Crippen molar-refractivity contribution in [3.8, 4) is 10.6 Å². The lowest BCUT2D eigenvalue weighted by molar-refractivity contribution is -0.148. The molecule has 3 nitrogen and oxygen atoms in total. The molecule has 0 aliphatic carbocycles. The molecular formula is C15H15F2NO2S. The molecule has 0 saturated carbocycles. The van der Waals surface area contributed by atoms with Gasteiger partial charge in [-0.2, -0.15) is 0 Å². The van der Waals surface area contributed by atoms with Crippen LogP contribution in [0.15, 0.2) is 23.6 Å². The number of carbonyl (C=O) groups is 1. The van der Waals surface area contributed by atoms with Crippen molar-refractivity contribution in [3.05, 3.63) is 40.9 Å². The standard InChI is InChI=1S/C15H15F2NO2S/c1-4-20-14(19)15(2,3)11-8-21-13(18-11)12-9(16)6-5-7-10(12)17/h5-8H,4H2,1-3H3. The molecule has 0 aliphatic rings. The molecule has 0 fully saturated rings. The zero-order chi connectivity index (χ0) is 15.6. The van der Waals surface area contributed by atoms with E-state index in [-0.39, 0.29) is 17.2 Å². The molecule has 0 saturated heterocycles. The highest BCUT2D eigenvalue weighted by Gasteiger charge is 2.34. The zero-order valence-corrected chi connectivity index (χ0v) is 12.8. The number of ether oxygens (including phenoxy) is 1. The van der Waals surface area contributed by atoms with Crippen molar-refractivity contribution in [3.63, 3.8) is 0 Å². The molecule has 21 heavy (non-hydrogen) atoms. The molecule has 0 unspecified atom stereocenters. The summed E-state index contributed by atoms with van der Waals surface area (Å²) in [6.45, 7) is 5.32. The number of esters is 1. The van der Waals surface area contributed by atoms with Crippen LogP contribution in [0.2, 0.25) is 0 Å². The number of thiazole rings is 1. The van der Waals surface area contributed by atoms with Gasteiger partial charge in [0.15, 0.2) is 0 Å². The van der Waals surface area contributed by atoms with Crippen LogP contribution in [0.4, 0.5) is 8.78 Å². The molecular weight excluding hydrogens is 296 g/mol. The average Bonchev–Trinajstić information content (AvgIpc) is 2.89. The molecule has 0 aliphatic heterocycles. The van der Waals surface area contributed by atoms with E-state index in [1.807, 2.05) is 0 Å². The summed E-state index contributed by atoms with van der Waals surface area (Å²) >= 11 is 1.09. The smallest absolute Gasteiger partial charge is 0.317 e. The Balaban J connectivity index is 2.41. The second-order valence-electron chi connectivity index (χ2n) is 4.98. The first-order valence-corrected chi connectivity index (χ1v) is 7.33. The van der Waals surface area contributed by atoms with Gasteiger partial charge in [-0.3, -0.25) is 4.79 Å². The summed E-state index contributed by atoms with van der Waals surface area (Å²) in [7, 11) is 0. The highest BCUT2D eigenvalue weighted by atomic mass is 32.1. The summed E-state index contributed by atoms with van der Waals surface area (Å²) in [6.07, 6.45) is 0. The predicted molar refractivity (Wildman–Crippen MR) is 77.1 cm³/mol. The minimum atomic E-state index is -0.966. The summed E-state index contributed by atoms with van der Waals surface area (Å²) < 4.78 is 32.5. The molecule has 0 bridgehead atoms. The first kappa shape index (κ1) is 15.6. The lowest BCUT2D eigenvalue weighted by atomic mass is 9.90. The fourth-order valence-corrected chi connectivity index (χ4v) is 2.83. The Morgan fingerprint density at radius 1 is 1.33 bits per heavy atom. The van der Waals surface area contributed by atoms with E-state index in [2.05, 4.69) is 4.98 Å². The first-order chi connectivity index (χ1) is 9.87. The Hall–Kier alpha value is -1.82. The number of rotatable bonds is 4. The van der Waals surface area contributed by atoms with E-state index in [9.17, 15) is 13.6 Å². The summed E-state index contributed by atoms with van der Waals surface area (Å²) in [5, 5.41) is 1.83. The lowest BCUT2D eigenvalue weighted by Gasteiger charge is -2.19. The van der Waals surface area contributed by atoms with Crippen LogP contribution in [0, 0.1) is 11.6 Å². The highest BCUT2D eigenvalue weighted by molar-refractivity contribution is 7.13. The Kier molecular flexibility index (Phi) is 4.37. The van der Waals surface area contributed by atoms with Crippen molar-refractivity contribution in [2.45, 2.75) is 26.2 Å². The molecule has 1 aromatic heterocycles. The van der Waals surface area contributed by atoms with Crippen molar-refractivity contribution >= 4 is 17.3 Å². The Labute approximate surface area is 125 Å². The van der Waals surface area contributed by atoms with E-state index < -0.39 is 23.0 Å². The molecule has 0 radical (unpaired) electrons. The van der Waals surface area contributed by atoms with Crippen LogP contribution >= 0.6 is 11.3 Å². The zero-order valence-electron chi connectivity index (χ0n) is 11.9. The molecule has 2 rings (SSSR count). The van der Waals surface area contributed by atoms with Crippen LogP contribution in [0.1, 0.15) is 26.5 Å². The molecule has 2 aromatic rings. The number of carbonyl (C=O) groups excluding carboxylic acids is 1. The summed E-state index contributed by atoms with van der Waals surface area (Å²) in [5.41, 5.74) is -0.705. The van der Waals surface area contributed by atoms with E-state index in [1.54, 1.807) is 26.2 Å². The van der Waals surface area contributed by atoms with Crippen LogP contribution in [-0.4, -0.2) is 17.6 Å². The maximum absolute atomic E-state index is 13.8. The van der Waals surface area contributed by atoms with Gasteiger partial charge in [0.05, 0.1) is 17.9 Å². The van der Waals surface area contributed by atoms with E-state index in [1.165, 1.54) is 18.2 Å². The Morgan fingerprint density at radius 3 is 2.52 bits per heavy atom. The third kappa shape index (κ3) is 2.95. The summed E-state index contributed by atoms with van der Waals surface area (Å²) in [6, 6.07) is 3.65. The molecule has 0 spiro atoms. The Morgan fingerprint density at radius 2 is 1.95 bits per heavy atom. The van der Waals surface area contributed by atoms with Crippen molar-refractivity contribution in [2.24, 2.45) is 0 Å². The number of nitrogens with zero attached hydrogens (tertiary/aromatic N) is 1. The van der Waals surface area contributed by atoms with Gasteiger partial charge in [-0.05, 0) is 32.9 Å². The molecule has 112 valence electrons. The van der Waals surface area contributed by atoms with Crippen molar-refractivity contribution in [2.75, 3.05) is 6.61 Å². The minimum Gasteiger partial charge on any atom is -0.465 e. The number of hydrogen-bond acceptors (Lipinski definition) is 4. The van der Waals surface area contributed by atoms with Crippen LogP contribution < -0.4 is 0 Å². The summed E-state index contributed by atoms with van der Waals surface area (Å²) in [4.78, 5) is 16.2. The predicted octanol–water partition coefficient (Wildman–Crippen LogP) is 3.93. The van der Waals surface area contributed by atoms with Gasteiger partial charge in [0.2, 0.25) is 0 Å². The van der Waals surface area contributed by atoms with E-state index in [4.69, 9.17) is 4.74 Å². The third-order valence-corrected chi connectivity index (χ3v) is 3.97. The second-order valence-corrected chi connectivity index (χ2v) is 5.84. The Bertz CT molecular complexity index is 647. The van der Waals surface area contributed by atoms with E-state index in [0.29, 0.717) is 5.69 Å². The number of benzene rings is 1. The molecule has 0 N–H and O–H groups in total. The normalized spacial score (nSPS) is 11.5. The van der Waals surface area contributed by atoms with Gasteiger partial charge in [-0.15, -0.1) is 11.3 Å². The van der Waals surface area contributed by atoms with Gasteiger partial charge in [0, 0.05) is 5.38 Å². The minimum absolute atomic E-state index is 0.173. The van der Waals surface area contributed by atoms with Gasteiger partial charge >= 0.3 is 5.97 Å². The fourth-order valence-electron chi connectivity index (χ4n) is 1.79. The molecule has 1 heterocycles. The van der Waals surface area contributed by atoms with Gasteiger partial charge in [-0.1, -0.05) is 6.07 Å². The van der Waals surface area contributed by atoms with Gasteiger partial charge in [-0.25, -0.2) is 13.8 Å². The fraction of sp³-hybridized carbons (Fsp3) is 0.333. The number of hydrogen-bond donors (Lipinski definition) is 0. The van der Waals surface area contributed by atoms with Crippen LogP contribution in [-0.2, 0) is 14.9 Å². The third-order valence-electron chi connectivity index (χ3n) is 3.11. The number of halogens is 2. The van der Waals surface area contributed by atoms with Crippen molar-refractivity contribution < 1.29 is 18.3 Å². The highest BCUT2D eigenvalue weighted by Crippen LogP contribution is 2.33. The quantitative estimate of drug-likeness (QED) is 0.803. The van der Waals surface area contributed by atoms with Gasteiger partial charge in [0.25, 0.3) is 0 Å². The van der Waals surface area contributed by atoms with E-state index in [0.717, 1.165) is 11.3 Å². The maximum Gasteiger partial charge on any atom is 0.317 e. The molecule has 0 amide bonds. The van der Waals surface area contributed by atoms with Crippen molar-refractivity contribution in [1.82, 2.24) is 4.98 Å². The largest absolute Gasteiger partial charge is 0.465 e. The van der Waals surface area contributed by atoms with Crippen LogP contribution in [0.3, 0.4) is 0 Å². The number of aromatic nitrogens is 1. The first-order valence-electron chi connectivity index (χ1n) is 6.45. The van der Waals surface area contributed by atoms with Crippen LogP contribution in [0.5, 0.6) is 0 Å². The monoisotopic (exact) mass is 311 g/mol. The molecule has 6 heteroatoms. The summed E-state index contributed by atoms with van der Waals surface area (Å²) in [5.74, 6) is -1.77. The topological polar surface area (TPSA) is 39.2 Å². The molecule has 1 aromatic carbocycles. The second kappa shape index (κ2) is 5.89. The van der Waals surface area contributed by atoms with Gasteiger partial charge in [0.1, 0.15) is 22.1 Å². The van der Waals surface area contributed by atoms with Crippen LogP contribution in [0.25, 0.3) is 10.6 Å². The molecule has 0 atom stereocenters. The average molecular weight is 311 g/mol. The van der Waals surface area contributed by atoms with Crippen molar-refractivity contribution in [1.29, 1.82) is 0 Å². The maximum atomic E-state index is 13.8. The van der Waals surface area contributed by atoms with Gasteiger partial charge < -0.3 is 4.74 Å². The SMILES string of the molecule is CCOC(=O)C(C)(C)c1csc(-c2c(F)cccc2F)n1. The lowest BCUT2D eigenvalue weighted by Crippen LogP contribution is -2.31. The van der Waals surface area contributed by atoms with E-state index >= 15 is 0 Å².